The first-order valence-electron chi connectivity index (χ1n) is 11.5. The Kier molecular flexibility index (Phi) is 3.89. The van der Waals surface area contributed by atoms with Gasteiger partial charge in [0, 0.05) is 48.3 Å². The molecule has 0 radical (unpaired) electrons. The van der Waals surface area contributed by atoms with Gasteiger partial charge in [0.25, 0.3) is 0 Å². The van der Waals surface area contributed by atoms with Crippen molar-refractivity contribution < 1.29 is 8.81 Å². The molecule has 2 N–H and O–H groups in total. The summed E-state index contributed by atoms with van der Waals surface area (Å²) in [6.45, 7) is 3.11. The predicted molar refractivity (Wildman–Crippen MR) is 122 cm³/mol. The van der Waals surface area contributed by atoms with E-state index in [2.05, 4.69) is 25.8 Å². The SMILES string of the molecule is O=c1[nH]c2cccc(N3C[C@H]4C[C@@H]3CN4CC3CCc4[nH]c5ccc(F)cc5c4C3)c2o1. The maximum Gasteiger partial charge on any atom is 0.417 e. The van der Waals surface area contributed by atoms with Gasteiger partial charge in [-0.3, -0.25) is 9.88 Å². The largest absolute Gasteiger partial charge is 0.417 e. The van der Waals surface area contributed by atoms with Crippen LogP contribution in [0.3, 0.4) is 0 Å². The first-order chi connectivity index (χ1) is 15.6. The zero-order chi connectivity index (χ0) is 21.4. The minimum absolute atomic E-state index is 0.161. The van der Waals surface area contributed by atoms with Gasteiger partial charge in [-0.05, 0) is 67.5 Å². The summed E-state index contributed by atoms with van der Waals surface area (Å²) in [5.41, 5.74) is 6.12. The van der Waals surface area contributed by atoms with Crippen LogP contribution in [0.1, 0.15) is 24.1 Å². The van der Waals surface area contributed by atoms with Crippen molar-refractivity contribution in [2.45, 2.75) is 37.8 Å². The zero-order valence-electron chi connectivity index (χ0n) is 17.7. The molecule has 0 saturated carbocycles. The van der Waals surface area contributed by atoms with E-state index >= 15 is 0 Å². The van der Waals surface area contributed by atoms with Gasteiger partial charge in [-0.1, -0.05) is 6.07 Å². The summed E-state index contributed by atoms with van der Waals surface area (Å²) in [7, 11) is 0. The van der Waals surface area contributed by atoms with E-state index in [0.29, 0.717) is 23.6 Å². The Morgan fingerprint density at radius 1 is 1.09 bits per heavy atom. The van der Waals surface area contributed by atoms with Crippen molar-refractivity contribution in [3.05, 3.63) is 64.0 Å². The normalized spacial score (nSPS) is 25.3. The van der Waals surface area contributed by atoms with Crippen molar-refractivity contribution in [1.82, 2.24) is 14.9 Å². The van der Waals surface area contributed by atoms with E-state index in [1.54, 1.807) is 6.07 Å². The molecule has 2 saturated heterocycles. The van der Waals surface area contributed by atoms with Crippen LogP contribution in [0.15, 0.2) is 45.6 Å². The Labute approximate surface area is 184 Å². The van der Waals surface area contributed by atoms with E-state index in [0.717, 1.165) is 61.0 Å². The smallest absolute Gasteiger partial charge is 0.406 e. The number of halogens is 1. The number of rotatable bonds is 3. The van der Waals surface area contributed by atoms with Crippen LogP contribution in [0.5, 0.6) is 0 Å². The van der Waals surface area contributed by atoms with Gasteiger partial charge in [0.1, 0.15) is 5.82 Å². The van der Waals surface area contributed by atoms with E-state index in [9.17, 15) is 9.18 Å². The van der Waals surface area contributed by atoms with Crippen molar-refractivity contribution >= 4 is 27.7 Å². The molecule has 7 rings (SSSR count). The number of nitrogens with one attached hydrogen (secondary N) is 2. The molecular weight excluding hydrogens is 407 g/mol. The Balaban J connectivity index is 1.08. The van der Waals surface area contributed by atoms with Crippen LogP contribution in [0, 0.1) is 11.7 Å². The Hall–Kier alpha value is -3.06. The summed E-state index contributed by atoms with van der Waals surface area (Å²) in [5, 5.41) is 1.06. The molecule has 7 heteroatoms. The van der Waals surface area contributed by atoms with Crippen molar-refractivity contribution in [2.24, 2.45) is 5.92 Å². The molecule has 1 aliphatic carbocycles. The highest BCUT2D eigenvalue weighted by molar-refractivity contribution is 5.87. The Morgan fingerprint density at radius 3 is 2.91 bits per heavy atom. The van der Waals surface area contributed by atoms with E-state index in [1.165, 1.54) is 23.7 Å². The van der Waals surface area contributed by atoms with Crippen LogP contribution in [-0.2, 0) is 12.8 Å². The number of nitrogens with zero attached hydrogens (tertiary/aromatic N) is 2. The van der Waals surface area contributed by atoms with Gasteiger partial charge in [-0.2, -0.15) is 0 Å². The van der Waals surface area contributed by atoms with Crippen LogP contribution in [-0.4, -0.2) is 46.6 Å². The lowest BCUT2D eigenvalue weighted by molar-refractivity contribution is 0.193. The predicted octanol–water partition coefficient (Wildman–Crippen LogP) is 3.81. The number of piperazine rings is 1. The van der Waals surface area contributed by atoms with Gasteiger partial charge in [0.05, 0.1) is 11.2 Å². The molecule has 4 aromatic rings. The monoisotopic (exact) mass is 432 g/mol. The molecule has 1 unspecified atom stereocenters. The molecule has 32 heavy (non-hydrogen) atoms. The molecule has 2 aliphatic heterocycles. The quantitative estimate of drug-likeness (QED) is 0.517. The molecule has 0 amide bonds. The van der Waals surface area contributed by atoms with Crippen LogP contribution < -0.4 is 10.7 Å². The fraction of sp³-hybridized carbons (Fsp3) is 0.400. The van der Waals surface area contributed by atoms with E-state index < -0.39 is 5.76 Å². The number of aromatic amines is 2. The number of H-pyrrole nitrogens is 2. The molecule has 4 heterocycles. The zero-order valence-corrected chi connectivity index (χ0v) is 17.7. The maximum atomic E-state index is 13.8. The Morgan fingerprint density at radius 2 is 2.03 bits per heavy atom. The van der Waals surface area contributed by atoms with Crippen molar-refractivity contribution in [3.8, 4) is 0 Å². The van der Waals surface area contributed by atoms with Crippen LogP contribution in [0.4, 0.5) is 10.1 Å². The first-order valence-corrected chi connectivity index (χ1v) is 11.5. The van der Waals surface area contributed by atoms with Crippen molar-refractivity contribution in [2.75, 3.05) is 24.5 Å². The van der Waals surface area contributed by atoms with Crippen molar-refractivity contribution in [1.29, 1.82) is 0 Å². The molecule has 0 spiro atoms. The topological polar surface area (TPSA) is 68.3 Å². The average molecular weight is 432 g/mol. The Bertz CT molecular complexity index is 1400. The van der Waals surface area contributed by atoms with E-state index in [-0.39, 0.29) is 5.82 Å². The number of hydrogen-bond acceptors (Lipinski definition) is 4. The number of aromatic nitrogens is 2. The molecule has 2 aromatic carbocycles. The third-order valence-electron chi connectivity index (χ3n) is 7.83. The standard InChI is InChI=1S/C25H25FN4O2/c26-15-5-7-21-19(9-15)18-8-14(4-6-20(18)27-21)11-29-12-17-10-16(29)13-30(17)23-3-1-2-22-24(23)32-25(31)28-22/h1-3,5,7,9,14,16-17,27H,4,6,8,10-13H2,(H,28,31)/t14?,16-,17-/m1/s1. The van der Waals surface area contributed by atoms with Gasteiger partial charge in [0.2, 0.25) is 0 Å². The molecule has 3 aliphatic rings. The number of para-hydroxylation sites is 1. The first kappa shape index (κ1) is 18.5. The summed E-state index contributed by atoms with van der Waals surface area (Å²) in [6, 6.07) is 12.0. The number of oxazole rings is 1. The molecule has 2 aromatic heterocycles. The summed E-state index contributed by atoms with van der Waals surface area (Å²) in [6.07, 6.45) is 4.39. The average Bonchev–Trinajstić information content (AvgIpc) is 3.54. The number of likely N-dealkylation sites (tertiary alicyclic amines) is 1. The lowest BCUT2D eigenvalue weighted by Crippen LogP contribution is -2.48. The second kappa shape index (κ2) is 6.72. The number of fused-ring (bicyclic) bond motifs is 6. The van der Waals surface area contributed by atoms with Gasteiger partial charge in [0.15, 0.2) is 5.58 Å². The maximum absolute atomic E-state index is 13.8. The summed E-state index contributed by atoms with van der Waals surface area (Å²) >= 11 is 0. The van der Waals surface area contributed by atoms with Gasteiger partial charge >= 0.3 is 5.76 Å². The van der Waals surface area contributed by atoms with Gasteiger partial charge in [-0.15, -0.1) is 0 Å². The molecule has 2 fully saturated rings. The molecule has 2 bridgehead atoms. The minimum atomic E-state index is -0.396. The summed E-state index contributed by atoms with van der Waals surface area (Å²) in [4.78, 5) is 23.0. The summed E-state index contributed by atoms with van der Waals surface area (Å²) < 4.78 is 19.3. The lowest BCUT2D eigenvalue weighted by atomic mass is 9.86. The molecular formula is C25H25FN4O2. The highest BCUT2D eigenvalue weighted by Crippen LogP contribution is 2.39. The fourth-order valence-electron chi connectivity index (χ4n) is 6.40. The number of hydrogen-bond donors (Lipinski definition) is 2. The molecule has 164 valence electrons. The van der Waals surface area contributed by atoms with E-state index in [1.807, 2.05) is 18.2 Å². The number of aryl methyl sites for hydroxylation is 1. The van der Waals surface area contributed by atoms with E-state index in [4.69, 9.17) is 4.42 Å². The van der Waals surface area contributed by atoms with Crippen molar-refractivity contribution in [3.63, 3.8) is 0 Å². The van der Waals surface area contributed by atoms with Crippen LogP contribution >= 0.6 is 0 Å². The number of anilines is 1. The van der Waals surface area contributed by atoms with Crippen LogP contribution in [0.2, 0.25) is 0 Å². The fourth-order valence-corrected chi connectivity index (χ4v) is 6.40. The third kappa shape index (κ3) is 2.77. The lowest BCUT2D eigenvalue weighted by Gasteiger charge is -2.37. The third-order valence-corrected chi connectivity index (χ3v) is 7.83. The highest BCUT2D eigenvalue weighted by Gasteiger charge is 2.44. The molecule has 3 atom stereocenters. The number of benzene rings is 2. The summed E-state index contributed by atoms with van der Waals surface area (Å²) in [5.74, 6) is 0.0441. The second-order valence-corrected chi connectivity index (χ2v) is 9.70. The minimum Gasteiger partial charge on any atom is -0.406 e. The second-order valence-electron chi connectivity index (χ2n) is 9.70. The molecule has 6 nitrogen and oxygen atoms in total. The van der Waals surface area contributed by atoms with Gasteiger partial charge in [-0.25, -0.2) is 9.18 Å². The van der Waals surface area contributed by atoms with Gasteiger partial charge < -0.3 is 14.3 Å². The highest BCUT2D eigenvalue weighted by atomic mass is 19.1. The van der Waals surface area contributed by atoms with Crippen LogP contribution in [0.25, 0.3) is 22.0 Å².